The van der Waals surface area contributed by atoms with Gasteiger partial charge in [-0.3, -0.25) is 4.98 Å². The summed E-state index contributed by atoms with van der Waals surface area (Å²) in [6.07, 6.45) is 3.82. The zero-order valence-corrected chi connectivity index (χ0v) is 13.0. The third-order valence-electron chi connectivity index (χ3n) is 4.19. The van der Waals surface area contributed by atoms with Gasteiger partial charge in [0.2, 0.25) is 0 Å². The van der Waals surface area contributed by atoms with Gasteiger partial charge < -0.3 is 15.4 Å². The summed E-state index contributed by atoms with van der Waals surface area (Å²) in [6.45, 7) is 8.02. The molecule has 118 valence electrons. The van der Waals surface area contributed by atoms with Crippen molar-refractivity contribution in [2.75, 3.05) is 26.2 Å². The van der Waals surface area contributed by atoms with Gasteiger partial charge in [-0.25, -0.2) is 4.39 Å². The molecule has 21 heavy (non-hydrogen) atoms. The minimum absolute atomic E-state index is 0.157. The monoisotopic (exact) mass is 295 g/mol. The van der Waals surface area contributed by atoms with Crippen molar-refractivity contribution in [1.29, 1.82) is 0 Å². The predicted octanol–water partition coefficient (Wildman–Crippen LogP) is 2.36. The third-order valence-corrected chi connectivity index (χ3v) is 4.19. The summed E-state index contributed by atoms with van der Waals surface area (Å²) in [5, 5.41) is 0. The Morgan fingerprint density at radius 3 is 2.71 bits per heavy atom. The van der Waals surface area contributed by atoms with Gasteiger partial charge in [0.1, 0.15) is 5.82 Å². The van der Waals surface area contributed by atoms with E-state index in [0.717, 1.165) is 44.8 Å². The van der Waals surface area contributed by atoms with Gasteiger partial charge in [0.25, 0.3) is 0 Å². The predicted molar refractivity (Wildman–Crippen MR) is 81.4 cm³/mol. The molecule has 1 saturated heterocycles. The fourth-order valence-corrected chi connectivity index (χ4v) is 2.89. The number of pyridine rings is 1. The molecular formula is C16H26FN3O. The number of piperidine rings is 1. The van der Waals surface area contributed by atoms with Gasteiger partial charge in [-0.15, -0.1) is 0 Å². The van der Waals surface area contributed by atoms with E-state index >= 15 is 0 Å². The Kier molecular flexibility index (Phi) is 6.08. The zero-order valence-electron chi connectivity index (χ0n) is 13.0. The number of nitrogens with zero attached hydrogens (tertiary/aromatic N) is 2. The molecule has 2 N–H and O–H groups in total. The minimum atomic E-state index is -0.323. The molecule has 0 aromatic carbocycles. The molecule has 2 atom stereocenters. The van der Waals surface area contributed by atoms with Crippen LogP contribution in [0.2, 0.25) is 0 Å². The first-order valence-electron chi connectivity index (χ1n) is 7.81. The van der Waals surface area contributed by atoms with Crippen LogP contribution in [0.5, 0.6) is 0 Å². The van der Waals surface area contributed by atoms with Crippen molar-refractivity contribution in [2.24, 2.45) is 11.7 Å². The van der Waals surface area contributed by atoms with Gasteiger partial charge in [0.15, 0.2) is 0 Å². The molecule has 0 bridgehead atoms. The number of halogens is 1. The number of aromatic nitrogens is 1. The summed E-state index contributed by atoms with van der Waals surface area (Å²) in [7, 11) is 0. The van der Waals surface area contributed by atoms with Gasteiger partial charge in [0, 0.05) is 26.2 Å². The Labute approximate surface area is 126 Å². The van der Waals surface area contributed by atoms with E-state index in [0.29, 0.717) is 6.10 Å². The summed E-state index contributed by atoms with van der Waals surface area (Å²) in [4.78, 5) is 6.52. The van der Waals surface area contributed by atoms with Crippen molar-refractivity contribution in [3.05, 3.63) is 29.8 Å². The lowest BCUT2D eigenvalue weighted by molar-refractivity contribution is 0.0108. The highest BCUT2D eigenvalue weighted by Crippen LogP contribution is 2.21. The first kappa shape index (κ1) is 16.3. The van der Waals surface area contributed by atoms with E-state index in [1.54, 1.807) is 6.07 Å². The maximum absolute atomic E-state index is 12.9. The molecule has 1 aliphatic heterocycles. The van der Waals surface area contributed by atoms with Crippen molar-refractivity contribution in [2.45, 2.75) is 38.8 Å². The molecule has 1 aliphatic rings. The lowest BCUT2D eigenvalue weighted by atomic mass is 9.97. The summed E-state index contributed by atoms with van der Waals surface area (Å²) < 4.78 is 18.6. The molecule has 1 fully saturated rings. The molecule has 1 aromatic rings. The fraction of sp³-hybridized carbons (Fsp3) is 0.688. The third kappa shape index (κ3) is 4.73. The summed E-state index contributed by atoms with van der Waals surface area (Å²) >= 11 is 0. The van der Waals surface area contributed by atoms with Crippen LogP contribution in [0.1, 0.15) is 38.4 Å². The molecule has 0 aliphatic carbocycles. The van der Waals surface area contributed by atoms with Crippen LogP contribution in [0.25, 0.3) is 0 Å². The van der Waals surface area contributed by atoms with Crippen molar-refractivity contribution >= 4 is 0 Å². The normalized spacial score (nSPS) is 20.4. The van der Waals surface area contributed by atoms with E-state index < -0.39 is 0 Å². The van der Waals surface area contributed by atoms with Gasteiger partial charge >= 0.3 is 0 Å². The first-order chi connectivity index (χ1) is 10.1. The number of likely N-dealkylation sites (tertiary alicyclic amines) is 1. The molecule has 0 spiro atoms. The van der Waals surface area contributed by atoms with Crippen molar-refractivity contribution in [3.63, 3.8) is 0 Å². The number of hydrogen-bond donors (Lipinski definition) is 1. The minimum Gasteiger partial charge on any atom is -0.378 e. The van der Waals surface area contributed by atoms with Crippen molar-refractivity contribution in [3.8, 4) is 0 Å². The van der Waals surface area contributed by atoms with Crippen LogP contribution < -0.4 is 5.73 Å². The van der Waals surface area contributed by atoms with Crippen LogP contribution in [0.3, 0.4) is 0 Å². The van der Waals surface area contributed by atoms with Crippen LogP contribution in [-0.2, 0) is 4.74 Å². The van der Waals surface area contributed by atoms with Crippen molar-refractivity contribution < 1.29 is 9.13 Å². The maximum atomic E-state index is 12.9. The SMILES string of the molecule is CCOC1CCN(CC(C)C(N)c2ccc(F)cn2)CC1. The molecule has 5 heteroatoms. The number of hydrogen-bond acceptors (Lipinski definition) is 4. The summed E-state index contributed by atoms with van der Waals surface area (Å²) in [5.41, 5.74) is 7.00. The van der Waals surface area contributed by atoms with Gasteiger partial charge in [-0.05, 0) is 37.8 Å². The first-order valence-corrected chi connectivity index (χ1v) is 7.81. The second-order valence-electron chi connectivity index (χ2n) is 5.86. The molecule has 0 saturated carbocycles. The maximum Gasteiger partial charge on any atom is 0.141 e. The van der Waals surface area contributed by atoms with E-state index in [1.807, 2.05) is 6.92 Å². The summed E-state index contributed by atoms with van der Waals surface area (Å²) in [6, 6.07) is 2.94. The summed E-state index contributed by atoms with van der Waals surface area (Å²) in [5.74, 6) is -0.0387. The lowest BCUT2D eigenvalue weighted by Gasteiger charge is -2.34. The Balaban J connectivity index is 1.81. The highest BCUT2D eigenvalue weighted by Gasteiger charge is 2.23. The second-order valence-corrected chi connectivity index (χ2v) is 5.86. The molecule has 2 unspecified atom stereocenters. The molecular weight excluding hydrogens is 269 g/mol. The van der Waals surface area contributed by atoms with E-state index in [9.17, 15) is 4.39 Å². The molecule has 0 radical (unpaired) electrons. The van der Waals surface area contributed by atoms with Crippen LogP contribution in [0.4, 0.5) is 4.39 Å². The number of nitrogens with two attached hydrogens (primary N) is 1. The molecule has 0 amide bonds. The zero-order chi connectivity index (χ0) is 15.2. The van der Waals surface area contributed by atoms with E-state index in [4.69, 9.17) is 10.5 Å². The molecule has 4 nitrogen and oxygen atoms in total. The fourth-order valence-electron chi connectivity index (χ4n) is 2.89. The molecule has 1 aromatic heterocycles. The second kappa shape index (κ2) is 7.82. The number of rotatable bonds is 6. The highest BCUT2D eigenvalue weighted by molar-refractivity contribution is 5.10. The quantitative estimate of drug-likeness (QED) is 0.875. The van der Waals surface area contributed by atoms with E-state index in [-0.39, 0.29) is 17.8 Å². The van der Waals surface area contributed by atoms with Crippen LogP contribution in [-0.4, -0.2) is 42.2 Å². The average molecular weight is 295 g/mol. The van der Waals surface area contributed by atoms with Crippen LogP contribution >= 0.6 is 0 Å². The molecule has 2 rings (SSSR count). The van der Waals surface area contributed by atoms with Gasteiger partial charge in [-0.1, -0.05) is 6.92 Å². The van der Waals surface area contributed by atoms with Gasteiger partial charge in [-0.2, -0.15) is 0 Å². The lowest BCUT2D eigenvalue weighted by Crippen LogP contribution is -2.41. The van der Waals surface area contributed by atoms with Crippen LogP contribution in [0, 0.1) is 11.7 Å². The largest absolute Gasteiger partial charge is 0.378 e. The smallest absolute Gasteiger partial charge is 0.141 e. The standard InChI is InChI=1S/C16H26FN3O/c1-3-21-14-6-8-20(9-7-14)11-12(2)16(18)15-5-4-13(17)10-19-15/h4-5,10,12,14,16H,3,6-9,11,18H2,1-2H3. The Bertz CT molecular complexity index is 418. The van der Waals surface area contributed by atoms with E-state index in [1.165, 1.54) is 12.3 Å². The van der Waals surface area contributed by atoms with Crippen molar-refractivity contribution in [1.82, 2.24) is 9.88 Å². The number of ether oxygens (including phenoxy) is 1. The van der Waals surface area contributed by atoms with E-state index in [2.05, 4.69) is 16.8 Å². The Morgan fingerprint density at radius 2 is 2.14 bits per heavy atom. The molecule has 2 heterocycles. The Hall–Kier alpha value is -1.04. The average Bonchev–Trinajstić information content (AvgIpc) is 2.49. The van der Waals surface area contributed by atoms with Crippen LogP contribution in [0.15, 0.2) is 18.3 Å². The Morgan fingerprint density at radius 1 is 1.43 bits per heavy atom. The highest BCUT2D eigenvalue weighted by atomic mass is 19.1. The van der Waals surface area contributed by atoms with Gasteiger partial charge in [0.05, 0.1) is 24.0 Å². The topological polar surface area (TPSA) is 51.4 Å².